The zero-order valence-corrected chi connectivity index (χ0v) is 17.9. The highest BCUT2D eigenvalue weighted by atomic mass is 32.1. The van der Waals surface area contributed by atoms with E-state index in [1.807, 2.05) is 18.2 Å². The third kappa shape index (κ3) is 2.79. The summed E-state index contributed by atoms with van der Waals surface area (Å²) in [6, 6.07) is 23.3. The summed E-state index contributed by atoms with van der Waals surface area (Å²) in [5.74, 6) is 0.845. The van der Waals surface area contributed by atoms with Gasteiger partial charge in [-0.05, 0) is 73.3 Å². The fraction of sp³-hybridized carbons (Fsp3) is 0.115. The van der Waals surface area contributed by atoms with Gasteiger partial charge in [0.2, 0.25) is 0 Å². The zero-order chi connectivity index (χ0) is 20.8. The number of thiophene rings is 1. The maximum atomic E-state index is 9.57. The van der Waals surface area contributed by atoms with Crippen LogP contribution in [-0.4, -0.2) is 11.7 Å². The Hall–Kier alpha value is -3.55. The van der Waals surface area contributed by atoms with Gasteiger partial charge in [-0.2, -0.15) is 5.26 Å². The van der Waals surface area contributed by atoms with Crippen LogP contribution in [-0.2, 0) is 0 Å². The number of methoxy groups -OCH3 is 1. The van der Waals surface area contributed by atoms with E-state index < -0.39 is 0 Å². The van der Waals surface area contributed by atoms with Crippen LogP contribution in [0.4, 0.5) is 0 Å². The van der Waals surface area contributed by atoms with Crippen molar-refractivity contribution in [1.82, 2.24) is 4.57 Å². The van der Waals surface area contributed by atoms with Gasteiger partial charge >= 0.3 is 0 Å². The maximum Gasteiger partial charge on any atom is 0.119 e. The highest BCUT2D eigenvalue weighted by Gasteiger charge is 2.19. The molecule has 0 fully saturated rings. The number of fused-ring (bicyclic) bond motifs is 3. The number of aryl methyl sites for hydroxylation is 2. The lowest BCUT2D eigenvalue weighted by Gasteiger charge is -2.17. The van der Waals surface area contributed by atoms with E-state index in [2.05, 4.69) is 72.3 Å². The first-order valence-corrected chi connectivity index (χ1v) is 10.7. The predicted molar refractivity (Wildman–Crippen MR) is 125 cm³/mol. The SMILES string of the molecule is COc1ccc2c(c1)c1cc(C)ccc1n2-c1c(C)cc(C#N)cc1-c1cccs1. The molecular weight excluding hydrogens is 388 g/mol. The summed E-state index contributed by atoms with van der Waals surface area (Å²) in [7, 11) is 1.70. The van der Waals surface area contributed by atoms with Crippen LogP contribution in [0.25, 0.3) is 37.9 Å². The van der Waals surface area contributed by atoms with Crippen LogP contribution < -0.4 is 4.74 Å². The first kappa shape index (κ1) is 18.5. The average Bonchev–Trinajstić information content (AvgIpc) is 3.39. The maximum absolute atomic E-state index is 9.57. The second kappa shape index (κ2) is 7.05. The van der Waals surface area contributed by atoms with E-state index in [0.29, 0.717) is 5.56 Å². The Kier molecular flexibility index (Phi) is 4.34. The Morgan fingerprint density at radius 1 is 0.933 bits per heavy atom. The standard InChI is InChI=1S/C26H20N2OS/c1-16-6-8-23-20(11-16)21-14-19(29-3)7-9-24(21)28(23)26-17(2)12-18(15-27)13-22(26)25-5-4-10-30-25/h4-14H,1-3H3. The van der Waals surface area contributed by atoms with Gasteiger partial charge in [-0.25, -0.2) is 0 Å². The first-order chi connectivity index (χ1) is 14.6. The van der Waals surface area contributed by atoms with Crippen LogP contribution in [0.1, 0.15) is 16.7 Å². The summed E-state index contributed by atoms with van der Waals surface area (Å²) in [6.07, 6.45) is 0. The number of nitriles is 1. The van der Waals surface area contributed by atoms with Crippen LogP contribution >= 0.6 is 11.3 Å². The molecule has 4 heteroatoms. The summed E-state index contributed by atoms with van der Waals surface area (Å²) in [5.41, 5.74) is 7.45. The van der Waals surface area contributed by atoms with Gasteiger partial charge in [0, 0.05) is 21.2 Å². The van der Waals surface area contributed by atoms with Crippen molar-refractivity contribution in [3.63, 3.8) is 0 Å². The van der Waals surface area contributed by atoms with Gasteiger partial charge in [0.1, 0.15) is 5.75 Å². The normalized spacial score (nSPS) is 11.1. The molecule has 5 aromatic rings. The molecule has 30 heavy (non-hydrogen) atoms. The summed E-state index contributed by atoms with van der Waals surface area (Å²) >= 11 is 1.69. The number of ether oxygens (including phenoxy) is 1. The van der Waals surface area contributed by atoms with Crippen LogP contribution in [0.5, 0.6) is 5.75 Å². The molecule has 0 aliphatic heterocycles. The molecule has 2 aromatic heterocycles. The summed E-state index contributed by atoms with van der Waals surface area (Å²) in [4.78, 5) is 1.15. The quantitative estimate of drug-likeness (QED) is 0.322. The third-order valence-electron chi connectivity index (χ3n) is 5.57. The molecule has 0 aliphatic rings. The van der Waals surface area contributed by atoms with E-state index in [9.17, 15) is 5.26 Å². The Labute approximate surface area is 179 Å². The summed E-state index contributed by atoms with van der Waals surface area (Å²) in [5, 5.41) is 14.0. The van der Waals surface area contributed by atoms with E-state index in [-0.39, 0.29) is 0 Å². The van der Waals surface area contributed by atoms with Gasteiger partial charge < -0.3 is 9.30 Å². The highest BCUT2D eigenvalue weighted by molar-refractivity contribution is 7.13. The molecular formula is C26H20N2OS. The fourth-order valence-corrected chi connectivity index (χ4v) is 4.99. The molecule has 0 spiro atoms. The molecule has 0 saturated carbocycles. The third-order valence-corrected chi connectivity index (χ3v) is 6.47. The topological polar surface area (TPSA) is 38.0 Å². The van der Waals surface area contributed by atoms with Gasteiger partial charge in [0.15, 0.2) is 0 Å². The Morgan fingerprint density at radius 3 is 2.40 bits per heavy atom. The molecule has 0 saturated heterocycles. The second-order valence-electron chi connectivity index (χ2n) is 7.52. The van der Waals surface area contributed by atoms with Crippen molar-refractivity contribution in [2.75, 3.05) is 7.11 Å². The minimum atomic E-state index is 0.679. The van der Waals surface area contributed by atoms with E-state index in [0.717, 1.165) is 43.9 Å². The Bertz CT molecular complexity index is 1450. The van der Waals surface area contributed by atoms with Crippen molar-refractivity contribution in [1.29, 1.82) is 5.26 Å². The fourth-order valence-electron chi connectivity index (χ4n) is 4.24. The largest absolute Gasteiger partial charge is 0.497 e. The van der Waals surface area contributed by atoms with E-state index in [1.54, 1.807) is 18.4 Å². The number of nitrogens with zero attached hydrogens (tertiary/aromatic N) is 2. The number of benzene rings is 3. The summed E-state index contributed by atoms with van der Waals surface area (Å²) < 4.78 is 7.84. The summed E-state index contributed by atoms with van der Waals surface area (Å²) in [6.45, 7) is 4.20. The van der Waals surface area contributed by atoms with Gasteiger partial charge in [-0.1, -0.05) is 17.7 Å². The smallest absolute Gasteiger partial charge is 0.119 e. The molecule has 3 nitrogen and oxygen atoms in total. The first-order valence-electron chi connectivity index (χ1n) is 9.78. The van der Waals surface area contributed by atoms with Gasteiger partial charge in [-0.15, -0.1) is 11.3 Å². The monoisotopic (exact) mass is 408 g/mol. The molecule has 0 aliphatic carbocycles. The Morgan fingerprint density at radius 2 is 1.70 bits per heavy atom. The minimum Gasteiger partial charge on any atom is -0.497 e. The van der Waals surface area contributed by atoms with Crippen molar-refractivity contribution in [3.05, 3.63) is 82.7 Å². The molecule has 3 aromatic carbocycles. The molecule has 0 radical (unpaired) electrons. The van der Waals surface area contributed by atoms with Crippen molar-refractivity contribution in [2.24, 2.45) is 0 Å². The van der Waals surface area contributed by atoms with Gasteiger partial charge in [0.05, 0.1) is 35.5 Å². The molecule has 0 amide bonds. The molecule has 0 atom stereocenters. The van der Waals surface area contributed by atoms with Crippen molar-refractivity contribution >= 4 is 33.1 Å². The average molecular weight is 409 g/mol. The van der Waals surface area contributed by atoms with E-state index in [4.69, 9.17) is 4.74 Å². The number of aromatic nitrogens is 1. The number of hydrogen-bond acceptors (Lipinski definition) is 3. The lowest BCUT2D eigenvalue weighted by molar-refractivity contribution is 0.415. The molecule has 146 valence electrons. The van der Waals surface area contributed by atoms with Crippen LogP contribution in [0.2, 0.25) is 0 Å². The lowest BCUT2D eigenvalue weighted by atomic mass is 10.0. The zero-order valence-electron chi connectivity index (χ0n) is 17.1. The minimum absolute atomic E-state index is 0.679. The predicted octanol–water partition coefficient (Wildman–Crippen LogP) is 7.01. The molecule has 0 bridgehead atoms. The Balaban J connectivity index is 1.96. The van der Waals surface area contributed by atoms with E-state index >= 15 is 0 Å². The van der Waals surface area contributed by atoms with Crippen LogP contribution in [0, 0.1) is 25.2 Å². The number of hydrogen-bond donors (Lipinski definition) is 0. The molecule has 0 unspecified atom stereocenters. The second-order valence-corrected chi connectivity index (χ2v) is 8.47. The van der Waals surface area contributed by atoms with Gasteiger partial charge in [0.25, 0.3) is 0 Å². The van der Waals surface area contributed by atoms with Crippen LogP contribution in [0.3, 0.4) is 0 Å². The molecule has 5 rings (SSSR count). The lowest BCUT2D eigenvalue weighted by Crippen LogP contribution is -2.01. The number of rotatable bonds is 3. The van der Waals surface area contributed by atoms with Gasteiger partial charge in [-0.3, -0.25) is 0 Å². The van der Waals surface area contributed by atoms with Crippen molar-refractivity contribution in [2.45, 2.75) is 13.8 Å². The van der Waals surface area contributed by atoms with Crippen molar-refractivity contribution < 1.29 is 4.74 Å². The van der Waals surface area contributed by atoms with E-state index in [1.165, 1.54) is 10.9 Å². The molecule has 0 N–H and O–H groups in total. The van der Waals surface area contributed by atoms with Crippen molar-refractivity contribution in [3.8, 4) is 27.9 Å². The molecule has 2 heterocycles. The highest BCUT2D eigenvalue weighted by Crippen LogP contribution is 2.40. The van der Waals surface area contributed by atoms with Crippen LogP contribution in [0.15, 0.2) is 66.0 Å².